The van der Waals surface area contributed by atoms with Gasteiger partial charge in [-0.25, -0.2) is 9.69 Å². The number of hydrogen-bond donors (Lipinski definition) is 1. The Balaban J connectivity index is 1.69. The van der Waals surface area contributed by atoms with Crippen molar-refractivity contribution in [3.63, 3.8) is 0 Å². The third-order valence-corrected chi connectivity index (χ3v) is 4.58. The normalized spacial score (nSPS) is 18.4. The molecule has 1 aromatic carbocycles. The molecule has 0 spiro atoms. The molecule has 25 heavy (non-hydrogen) atoms. The fourth-order valence-corrected chi connectivity index (χ4v) is 3.54. The first-order valence-electron chi connectivity index (χ1n) is 8.44. The van der Waals surface area contributed by atoms with Gasteiger partial charge in [0.15, 0.2) is 0 Å². The topological polar surface area (TPSA) is 86.8 Å². The molecule has 1 aromatic rings. The fourth-order valence-electron chi connectivity index (χ4n) is 3.54. The number of aryl methyl sites for hydroxylation is 2. The van der Waals surface area contributed by atoms with E-state index in [1.54, 1.807) is 12.1 Å². The van der Waals surface area contributed by atoms with Crippen LogP contribution >= 0.6 is 0 Å². The van der Waals surface area contributed by atoms with E-state index in [0.29, 0.717) is 18.5 Å². The molecule has 0 aromatic heterocycles. The molecule has 1 heterocycles. The van der Waals surface area contributed by atoms with Gasteiger partial charge in [-0.2, -0.15) is 0 Å². The minimum Gasteiger partial charge on any atom is -0.325 e. The van der Waals surface area contributed by atoms with Crippen molar-refractivity contribution in [1.82, 2.24) is 9.80 Å². The number of carbonyl (C=O) groups is 4. The van der Waals surface area contributed by atoms with Gasteiger partial charge in [-0.15, -0.1) is 0 Å². The molecule has 1 aliphatic carbocycles. The zero-order valence-electron chi connectivity index (χ0n) is 14.4. The number of imide groups is 2. The SMILES string of the molecule is Cc1cc(C)cc(NC(=O)CN2C(=O)C(=O)N(C3CCCC3)C2=O)c1. The van der Waals surface area contributed by atoms with Crippen LogP contribution in [0.2, 0.25) is 0 Å². The summed E-state index contributed by atoms with van der Waals surface area (Å²) >= 11 is 0. The van der Waals surface area contributed by atoms with E-state index in [2.05, 4.69) is 5.32 Å². The highest BCUT2D eigenvalue weighted by atomic mass is 16.2. The minimum atomic E-state index is -0.924. The summed E-state index contributed by atoms with van der Waals surface area (Å²) in [5.74, 6) is -2.25. The van der Waals surface area contributed by atoms with Gasteiger partial charge in [-0.05, 0) is 49.9 Å². The molecule has 1 aliphatic heterocycles. The molecule has 5 amide bonds. The lowest BCUT2D eigenvalue weighted by atomic mass is 10.1. The van der Waals surface area contributed by atoms with Gasteiger partial charge < -0.3 is 5.32 Å². The maximum atomic E-state index is 12.4. The predicted molar refractivity (Wildman–Crippen MR) is 90.8 cm³/mol. The Morgan fingerprint density at radius 2 is 1.64 bits per heavy atom. The van der Waals surface area contributed by atoms with Crippen molar-refractivity contribution in [3.8, 4) is 0 Å². The van der Waals surface area contributed by atoms with Crippen molar-refractivity contribution < 1.29 is 19.2 Å². The molecule has 132 valence electrons. The first-order valence-corrected chi connectivity index (χ1v) is 8.44. The lowest BCUT2D eigenvalue weighted by molar-refractivity contribution is -0.144. The zero-order valence-corrected chi connectivity index (χ0v) is 14.4. The molecule has 7 nitrogen and oxygen atoms in total. The summed E-state index contributed by atoms with van der Waals surface area (Å²) < 4.78 is 0. The van der Waals surface area contributed by atoms with Crippen molar-refractivity contribution in [2.24, 2.45) is 0 Å². The van der Waals surface area contributed by atoms with Crippen LogP contribution in [0, 0.1) is 13.8 Å². The first kappa shape index (κ1) is 17.1. The lowest BCUT2D eigenvalue weighted by Crippen LogP contribution is -2.41. The van der Waals surface area contributed by atoms with Crippen LogP contribution in [-0.2, 0) is 14.4 Å². The van der Waals surface area contributed by atoms with E-state index in [4.69, 9.17) is 0 Å². The monoisotopic (exact) mass is 343 g/mol. The van der Waals surface area contributed by atoms with Crippen molar-refractivity contribution in [3.05, 3.63) is 29.3 Å². The molecule has 3 rings (SSSR count). The van der Waals surface area contributed by atoms with Gasteiger partial charge in [0.2, 0.25) is 5.91 Å². The van der Waals surface area contributed by atoms with Gasteiger partial charge >= 0.3 is 17.8 Å². The number of amides is 5. The molecule has 0 unspecified atom stereocenters. The van der Waals surface area contributed by atoms with Gasteiger partial charge in [0.1, 0.15) is 6.54 Å². The minimum absolute atomic E-state index is 0.226. The summed E-state index contributed by atoms with van der Waals surface area (Å²) in [4.78, 5) is 50.7. The second-order valence-electron chi connectivity index (χ2n) is 6.71. The summed E-state index contributed by atoms with van der Waals surface area (Å²) in [6.45, 7) is 3.36. The Bertz CT molecular complexity index is 732. The van der Waals surface area contributed by atoms with Crippen LogP contribution in [0.5, 0.6) is 0 Å². The Morgan fingerprint density at radius 1 is 1.04 bits per heavy atom. The van der Waals surface area contributed by atoms with Crippen LogP contribution in [0.15, 0.2) is 18.2 Å². The van der Waals surface area contributed by atoms with Crippen LogP contribution < -0.4 is 5.32 Å². The Morgan fingerprint density at radius 3 is 2.24 bits per heavy atom. The molecule has 1 N–H and O–H groups in total. The van der Waals surface area contributed by atoms with Gasteiger partial charge in [-0.3, -0.25) is 19.3 Å². The number of carbonyl (C=O) groups excluding carboxylic acids is 4. The standard InChI is InChI=1S/C18H21N3O4/c1-11-7-12(2)9-13(8-11)19-15(22)10-20-16(23)17(24)21(18(20)25)14-5-3-4-6-14/h7-9,14H,3-6,10H2,1-2H3,(H,19,22). The molecule has 2 fully saturated rings. The van der Waals surface area contributed by atoms with E-state index in [-0.39, 0.29) is 6.04 Å². The van der Waals surface area contributed by atoms with E-state index in [0.717, 1.165) is 33.8 Å². The Hall–Kier alpha value is -2.70. The van der Waals surface area contributed by atoms with Gasteiger partial charge in [0, 0.05) is 11.7 Å². The molecule has 0 atom stereocenters. The Labute approximate surface area is 146 Å². The van der Waals surface area contributed by atoms with Crippen molar-refractivity contribution in [2.45, 2.75) is 45.6 Å². The maximum Gasteiger partial charge on any atom is 0.334 e. The predicted octanol–water partition coefficient (Wildman–Crippen LogP) is 1.98. The number of benzene rings is 1. The van der Waals surface area contributed by atoms with Crippen molar-refractivity contribution in [1.29, 1.82) is 0 Å². The number of nitrogens with zero attached hydrogens (tertiary/aromatic N) is 2. The summed E-state index contributed by atoms with van der Waals surface area (Å²) in [5, 5.41) is 2.68. The van der Waals surface area contributed by atoms with Crippen LogP contribution in [-0.4, -0.2) is 46.1 Å². The van der Waals surface area contributed by atoms with E-state index in [1.807, 2.05) is 19.9 Å². The summed E-state index contributed by atoms with van der Waals surface area (Å²) in [7, 11) is 0. The molecular weight excluding hydrogens is 322 g/mol. The third-order valence-electron chi connectivity index (χ3n) is 4.58. The van der Waals surface area contributed by atoms with Crippen molar-refractivity contribution in [2.75, 3.05) is 11.9 Å². The summed E-state index contributed by atoms with van der Waals surface area (Å²) in [6.07, 6.45) is 3.30. The summed E-state index contributed by atoms with van der Waals surface area (Å²) in [6, 6.07) is 4.67. The molecule has 1 saturated heterocycles. The van der Waals surface area contributed by atoms with E-state index in [1.165, 1.54) is 0 Å². The number of hydrogen-bond acceptors (Lipinski definition) is 4. The largest absolute Gasteiger partial charge is 0.334 e. The van der Waals surface area contributed by atoms with Gasteiger partial charge in [0.25, 0.3) is 0 Å². The molecular formula is C18H21N3O4. The highest BCUT2D eigenvalue weighted by Gasteiger charge is 2.48. The van der Waals surface area contributed by atoms with E-state index < -0.39 is 30.3 Å². The molecule has 1 saturated carbocycles. The van der Waals surface area contributed by atoms with Gasteiger partial charge in [-0.1, -0.05) is 18.9 Å². The van der Waals surface area contributed by atoms with Crippen LogP contribution in [0.3, 0.4) is 0 Å². The molecule has 0 bridgehead atoms. The van der Waals surface area contributed by atoms with Crippen LogP contribution in [0.4, 0.5) is 10.5 Å². The van der Waals surface area contributed by atoms with E-state index in [9.17, 15) is 19.2 Å². The molecule has 0 radical (unpaired) electrons. The Kier molecular flexibility index (Phi) is 4.57. The van der Waals surface area contributed by atoms with Crippen LogP contribution in [0.25, 0.3) is 0 Å². The third kappa shape index (κ3) is 3.40. The number of anilines is 1. The highest BCUT2D eigenvalue weighted by molar-refractivity contribution is 6.45. The fraction of sp³-hybridized carbons (Fsp3) is 0.444. The average molecular weight is 343 g/mol. The quantitative estimate of drug-likeness (QED) is 0.669. The van der Waals surface area contributed by atoms with E-state index >= 15 is 0 Å². The smallest absolute Gasteiger partial charge is 0.325 e. The average Bonchev–Trinajstić information content (AvgIpc) is 3.10. The van der Waals surface area contributed by atoms with Crippen molar-refractivity contribution >= 4 is 29.4 Å². The number of rotatable bonds is 4. The summed E-state index contributed by atoms with van der Waals surface area (Å²) in [5.41, 5.74) is 2.58. The van der Waals surface area contributed by atoms with Crippen LogP contribution in [0.1, 0.15) is 36.8 Å². The molecule has 7 heteroatoms. The first-order chi connectivity index (χ1) is 11.9. The zero-order chi connectivity index (χ0) is 18.1. The second kappa shape index (κ2) is 6.66. The lowest BCUT2D eigenvalue weighted by Gasteiger charge is -2.20. The maximum absolute atomic E-state index is 12.4. The number of nitrogens with one attached hydrogen (secondary N) is 1. The molecule has 2 aliphatic rings. The van der Waals surface area contributed by atoms with Gasteiger partial charge in [0.05, 0.1) is 0 Å². The second-order valence-corrected chi connectivity index (χ2v) is 6.71. The highest BCUT2D eigenvalue weighted by Crippen LogP contribution is 2.27. The number of urea groups is 1.